The summed E-state index contributed by atoms with van der Waals surface area (Å²) in [6, 6.07) is -4.42. The molecule has 0 radical (unpaired) electrons. The molecule has 7 aliphatic rings. The van der Waals surface area contributed by atoms with Crippen molar-refractivity contribution in [2.45, 2.75) is 161 Å². The molecule has 0 aromatic carbocycles. The van der Waals surface area contributed by atoms with Gasteiger partial charge in [0.1, 0.15) is 23.7 Å². The van der Waals surface area contributed by atoms with Gasteiger partial charge in [-0.3, -0.25) is 28.9 Å². The van der Waals surface area contributed by atoms with Gasteiger partial charge in [-0.25, -0.2) is 4.72 Å². The van der Waals surface area contributed by atoms with Crippen LogP contribution in [0.1, 0.15) is 138 Å². The van der Waals surface area contributed by atoms with Gasteiger partial charge in [-0.15, -0.1) is 6.58 Å². The van der Waals surface area contributed by atoms with E-state index < -0.39 is 99.5 Å². The van der Waals surface area contributed by atoms with Crippen LogP contribution in [0.3, 0.4) is 0 Å². The number of likely N-dealkylation sites (tertiary alicyclic amines) is 2. The third-order valence-corrected chi connectivity index (χ3v) is 17.4. The van der Waals surface area contributed by atoms with Gasteiger partial charge in [0.15, 0.2) is 0 Å². The Morgan fingerprint density at radius 2 is 1.57 bits per heavy atom. The molecule has 0 aromatic rings. The second-order valence-corrected chi connectivity index (χ2v) is 21.7. The molecule has 4 saturated carbocycles. The van der Waals surface area contributed by atoms with Crippen LogP contribution in [0, 0.1) is 33.5 Å². The second kappa shape index (κ2) is 15.5. The van der Waals surface area contributed by atoms with E-state index >= 15 is 4.79 Å². The molecule has 14 nitrogen and oxygen atoms in total. The Bertz CT molecular complexity index is 1980. The van der Waals surface area contributed by atoms with E-state index in [1.807, 2.05) is 20.8 Å². The summed E-state index contributed by atoms with van der Waals surface area (Å²) in [6.07, 6.45) is 10.7. The molecular formula is C43H69N7O7S. The predicted octanol–water partition coefficient (Wildman–Crippen LogP) is 3.38. The second-order valence-electron chi connectivity index (χ2n) is 20.0. The molecule has 4 aliphatic carbocycles. The average molecular weight is 833 g/mol. The molecule has 4 N–H and O–H groups in total. The molecule has 7 rings (SSSR count). The Morgan fingerprint density at radius 1 is 0.879 bits per heavy atom. The Labute approximate surface area is 353 Å². The molecule has 0 aromatic heterocycles. The van der Waals surface area contributed by atoms with E-state index in [2.05, 4.69) is 41.1 Å². The van der Waals surface area contributed by atoms with Crippen molar-refractivity contribution in [2.24, 2.45) is 33.5 Å². The number of likely N-dealkylation sites (N-methyl/N-ethyl adjacent to an activating group) is 1. The lowest BCUT2D eigenvalue weighted by Gasteiger charge is -2.38. The van der Waals surface area contributed by atoms with Gasteiger partial charge in [0.25, 0.3) is 5.91 Å². The molecule has 0 bridgehead atoms. The fourth-order valence-electron chi connectivity index (χ4n) is 11.9. The highest BCUT2D eigenvalue weighted by Crippen LogP contribution is 2.88. The van der Waals surface area contributed by atoms with E-state index in [9.17, 15) is 27.6 Å². The number of rotatable bonds is 13. The van der Waals surface area contributed by atoms with Crippen molar-refractivity contribution in [3.05, 3.63) is 12.7 Å². The summed E-state index contributed by atoms with van der Waals surface area (Å²) in [6.45, 7) is 8.72. The minimum atomic E-state index is -4.16. The quantitative estimate of drug-likeness (QED) is 0.204. The van der Waals surface area contributed by atoms with Crippen LogP contribution in [0.5, 0.6) is 0 Å². The van der Waals surface area contributed by atoms with Crippen LogP contribution in [0.25, 0.3) is 0 Å². The molecular weight excluding hydrogens is 759 g/mol. The van der Waals surface area contributed by atoms with E-state index in [0.29, 0.717) is 38.5 Å². The summed E-state index contributed by atoms with van der Waals surface area (Å²) >= 11 is 0. The summed E-state index contributed by atoms with van der Waals surface area (Å²) in [5.74, 6) is -3.99. The standard InChI is InChI=1S/C43H69N7O7S/c1-8-29-25-43(29,38(55)47-58(56,57)49-23-13-14-24-49)46-35(52)31-26-42(40(6,7)41(42)20-16-21-41)27-50(31)37(54)33(39(3,4)5)45-36(53)32(28-17-11-10-12-18-28)44-34(51)30-19-15-22-48(30)9-2/h8,28-33H,1,9-27H2,2-7H3,(H,44,51)(H,45,53)(H,46,52)(H,47,55)/t29-,30+,31+,32?,33-,42-,43-/m1/s1/i2D3,9D2. The van der Waals surface area contributed by atoms with Crippen molar-refractivity contribution in [2.75, 3.05) is 32.7 Å². The summed E-state index contributed by atoms with van der Waals surface area (Å²) in [4.78, 5) is 75.3. The van der Waals surface area contributed by atoms with Crippen molar-refractivity contribution in [1.82, 2.24) is 34.8 Å². The minimum Gasteiger partial charge on any atom is -0.343 e. The Balaban J connectivity index is 1.15. The predicted molar refractivity (Wildman–Crippen MR) is 220 cm³/mol. The van der Waals surface area contributed by atoms with Crippen molar-refractivity contribution >= 4 is 39.7 Å². The average Bonchev–Trinajstić information content (AvgIpc) is 3.61. The van der Waals surface area contributed by atoms with Gasteiger partial charge >= 0.3 is 10.2 Å². The highest BCUT2D eigenvalue weighted by Gasteiger charge is 2.85. The van der Waals surface area contributed by atoms with Crippen LogP contribution in [0.15, 0.2) is 12.7 Å². The zero-order chi connectivity index (χ0) is 46.3. The number of carbonyl (C=O) groups is 5. The number of hydrogen-bond donors (Lipinski definition) is 4. The SMILES string of the molecule is [2H]C([2H])([2H])C([2H])([2H])N1CCC[C@H]1C(=O)NC(C(=O)N[C@H](C(=O)N1C[C@]2(C[C@H]1C(=O)N[C@]1(C(=O)NS(=O)(=O)N3CCCC3)C[C@H]1C=C)C(C)(C)C21CCC1)C(C)(C)C)C1CCCCC1. The van der Waals surface area contributed by atoms with Crippen LogP contribution in [0.2, 0.25) is 0 Å². The number of fused-ring (bicyclic) bond motifs is 1. The number of nitrogens with one attached hydrogen (secondary N) is 4. The van der Waals surface area contributed by atoms with Crippen molar-refractivity contribution in [3.63, 3.8) is 0 Å². The van der Waals surface area contributed by atoms with Crippen LogP contribution < -0.4 is 20.7 Å². The Kier molecular flexibility index (Phi) is 9.80. The van der Waals surface area contributed by atoms with Crippen molar-refractivity contribution in [1.29, 1.82) is 0 Å². The van der Waals surface area contributed by atoms with Crippen LogP contribution in [-0.2, 0) is 34.2 Å². The first-order chi connectivity index (χ1) is 29.2. The number of nitrogens with zero attached hydrogens (tertiary/aromatic N) is 3. The third kappa shape index (κ3) is 7.10. The van der Waals surface area contributed by atoms with Gasteiger partial charge in [-0.2, -0.15) is 12.7 Å². The number of hydrogen-bond acceptors (Lipinski definition) is 8. The summed E-state index contributed by atoms with van der Waals surface area (Å²) < 4.78 is 70.1. The topological polar surface area (TPSA) is 177 Å². The molecule has 15 heteroatoms. The summed E-state index contributed by atoms with van der Waals surface area (Å²) in [5.41, 5.74) is -3.19. The van der Waals surface area contributed by atoms with Gasteiger partial charge in [0, 0.05) is 37.8 Å². The van der Waals surface area contributed by atoms with Gasteiger partial charge in [0.2, 0.25) is 23.6 Å². The maximum atomic E-state index is 15.3. The van der Waals surface area contributed by atoms with E-state index in [4.69, 9.17) is 6.85 Å². The molecule has 3 heterocycles. The van der Waals surface area contributed by atoms with Gasteiger partial charge < -0.3 is 20.9 Å². The first-order valence-electron chi connectivity index (χ1n) is 24.2. The number of amides is 5. The lowest BCUT2D eigenvalue weighted by Crippen LogP contribution is -2.63. The molecule has 1 unspecified atom stereocenters. The summed E-state index contributed by atoms with van der Waals surface area (Å²) in [5, 5.41) is 8.83. The van der Waals surface area contributed by atoms with Crippen LogP contribution in [-0.4, -0.2) is 114 Å². The zero-order valence-electron chi connectivity index (χ0n) is 40.1. The normalized spacial score (nSPS) is 34.7. The van der Waals surface area contributed by atoms with Crippen LogP contribution >= 0.6 is 0 Å². The minimum absolute atomic E-state index is 0.0618. The van der Waals surface area contributed by atoms with Gasteiger partial charge in [-0.05, 0) is 99.4 Å². The molecule has 7 fully saturated rings. The molecule has 7 atom stereocenters. The molecule has 58 heavy (non-hydrogen) atoms. The Morgan fingerprint density at radius 3 is 2.14 bits per heavy atom. The smallest absolute Gasteiger partial charge is 0.303 e. The maximum absolute atomic E-state index is 15.3. The van der Waals surface area contributed by atoms with E-state index in [-0.39, 0.29) is 55.8 Å². The lowest BCUT2D eigenvalue weighted by atomic mass is 9.73. The maximum Gasteiger partial charge on any atom is 0.303 e. The fourth-order valence-corrected chi connectivity index (χ4v) is 13.2. The van der Waals surface area contributed by atoms with E-state index in [0.717, 1.165) is 43.4 Å². The molecule has 3 saturated heterocycles. The largest absolute Gasteiger partial charge is 0.343 e. The number of carbonyl (C=O) groups excluding carboxylic acids is 5. The zero-order valence-corrected chi connectivity index (χ0v) is 35.9. The van der Waals surface area contributed by atoms with Gasteiger partial charge in [0.05, 0.1) is 6.04 Å². The highest BCUT2D eigenvalue weighted by molar-refractivity contribution is 7.87. The third-order valence-electron chi connectivity index (χ3n) is 15.9. The van der Waals surface area contributed by atoms with E-state index in [1.54, 1.807) is 4.90 Å². The Hall–Kier alpha value is -3.04. The lowest BCUT2D eigenvalue weighted by molar-refractivity contribution is -0.145. The first-order valence-corrected chi connectivity index (χ1v) is 23.1. The molecule has 324 valence electrons. The monoisotopic (exact) mass is 833 g/mol. The molecule has 5 amide bonds. The van der Waals surface area contributed by atoms with Crippen molar-refractivity contribution in [3.8, 4) is 0 Å². The van der Waals surface area contributed by atoms with Gasteiger partial charge in [-0.1, -0.05) is 73.2 Å². The highest BCUT2D eigenvalue weighted by atomic mass is 32.2. The van der Waals surface area contributed by atoms with Crippen molar-refractivity contribution < 1.29 is 39.2 Å². The first kappa shape index (κ1) is 36.8. The van der Waals surface area contributed by atoms with Crippen LogP contribution in [0.4, 0.5) is 0 Å². The van der Waals surface area contributed by atoms with E-state index in [1.165, 1.54) is 10.4 Å². The summed E-state index contributed by atoms with van der Waals surface area (Å²) in [7, 11) is -4.16. The fraction of sp³-hybridized carbons (Fsp3) is 0.837. The molecule has 3 aliphatic heterocycles. The molecule has 2 spiro atoms.